The largest absolute Gasteiger partial charge is 0.462 e. The predicted octanol–water partition coefficient (Wildman–Crippen LogP) is 25.2. The molecule has 0 aliphatic carbocycles. The molecule has 0 saturated carbocycles. The van der Waals surface area contributed by atoms with Crippen LogP contribution in [0, 0.1) is 0 Å². The minimum atomic E-state index is -0.764. The quantitative estimate of drug-likeness (QED) is 0.0261. The third kappa shape index (κ3) is 66.9. The molecule has 0 spiro atoms. The van der Waals surface area contributed by atoms with E-state index >= 15 is 0 Å². The van der Waals surface area contributed by atoms with E-state index in [1.165, 1.54) is 327 Å². The molecule has 474 valence electrons. The number of rotatable bonds is 69. The molecule has 6 heteroatoms. The summed E-state index contributed by atoms with van der Waals surface area (Å²) < 4.78 is 16.9. The molecular formula is C74H142O6. The van der Waals surface area contributed by atoms with Crippen LogP contribution in [0.5, 0.6) is 0 Å². The molecule has 80 heavy (non-hydrogen) atoms. The van der Waals surface area contributed by atoms with Crippen LogP contribution in [0.25, 0.3) is 0 Å². The summed E-state index contributed by atoms with van der Waals surface area (Å²) in [7, 11) is 0. The van der Waals surface area contributed by atoms with E-state index in [0.29, 0.717) is 19.3 Å². The van der Waals surface area contributed by atoms with Crippen molar-refractivity contribution in [3.8, 4) is 0 Å². The molecule has 6 nitrogen and oxygen atoms in total. The number of carbonyl (C=O) groups is 3. The topological polar surface area (TPSA) is 78.9 Å². The standard InChI is InChI=1S/C74H142O6/c1-4-7-10-13-16-19-21-23-25-27-29-31-32-33-34-35-36-37-38-39-40-41-42-43-45-46-48-50-52-55-58-61-64-67-73(76)79-70-71(69-78-72(75)66-63-60-57-54-18-15-12-9-6-3)80-74(77)68-65-62-59-56-53-51-49-47-44-30-28-26-24-22-20-17-14-11-8-5-2/h27,29,71H,4-26,28,30-70H2,1-3H3/b29-27-. The Bertz CT molecular complexity index is 1250. The third-order valence-corrected chi connectivity index (χ3v) is 17.0. The van der Waals surface area contributed by atoms with E-state index < -0.39 is 6.10 Å². The van der Waals surface area contributed by atoms with E-state index in [1.807, 2.05) is 0 Å². The predicted molar refractivity (Wildman–Crippen MR) is 349 cm³/mol. The molecule has 0 aromatic carbocycles. The molecule has 0 heterocycles. The first-order valence-electron chi connectivity index (χ1n) is 36.7. The summed E-state index contributed by atoms with van der Waals surface area (Å²) in [5.41, 5.74) is 0. The van der Waals surface area contributed by atoms with E-state index in [1.54, 1.807) is 0 Å². The Hall–Kier alpha value is -1.85. The van der Waals surface area contributed by atoms with Crippen LogP contribution < -0.4 is 0 Å². The van der Waals surface area contributed by atoms with Gasteiger partial charge in [0.25, 0.3) is 0 Å². The van der Waals surface area contributed by atoms with Gasteiger partial charge < -0.3 is 14.2 Å². The van der Waals surface area contributed by atoms with Crippen molar-refractivity contribution in [1.29, 1.82) is 0 Å². The maximum Gasteiger partial charge on any atom is 0.306 e. The van der Waals surface area contributed by atoms with Gasteiger partial charge in [0, 0.05) is 19.3 Å². The van der Waals surface area contributed by atoms with Crippen LogP contribution >= 0.6 is 0 Å². The summed E-state index contributed by atoms with van der Waals surface area (Å²) in [5, 5.41) is 0. The first-order chi connectivity index (χ1) is 39.5. The van der Waals surface area contributed by atoms with E-state index in [-0.39, 0.29) is 31.1 Å². The van der Waals surface area contributed by atoms with Gasteiger partial charge in [0.1, 0.15) is 13.2 Å². The number of ether oxygens (including phenoxy) is 3. The van der Waals surface area contributed by atoms with Crippen LogP contribution in [0.2, 0.25) is 0 Å². The maximum atomic E-state index is 12.9. The van der Waals surface area contributed by atoms with E-state index in [4.69, 9.17) is 14.2 Å². The molecule has 0 fully saturated rings. The zero-order chi connectivity index (χ0) is 57.8. The lowest BCUT2D eigenvalue weighted by atomic mass is 10.0. The fraction of sp³-hybridized carbons (Fsp3) is 0.932. The van der Waals surface area contributed by atoms with Gasteiger partial charge in [0.15, 0.2) is 6.10 Å². The Morgan fingerprint density at radius 3 is 0.625 bits per heavy atom. The van der Waals surface area contributed by atoms with Crippen LogP contribution in [0.15, 0.2) is 12.2 Å². The highest BCUT2D eigenvalue weighted by atomic mass is 16.6. The van der Waals surface area contributed by atoms with Crippen molar-refractivity contribution >= 4 is 17.9 Å². The summed E-state index contributed by atoms with van der Waals surface area (Å²) in [6.45, 7) is 6.71. The summed E-state index contributed by atoms with van der Waals surface area (Å²) in [6, 6.07) is 0. The molecule has 0 amide bonds. The number of carbonyl (C=O) groups excluding carboxylic acids is 3. The molecule has 0 rings (SSSR count). The van der Waals surface area contributed by atoms with Crippen LogP contribution in [-0.2, 0) is 28.6 Å². The molecule has 0 aromatic heterocycles. The van der Waals surface area contributed by atoms with Gasteiger partial charge in [-0.05, 0) is 44.9 Å². The first kappa shape index (κ1) is 78.1. The van der Waals surface area contributed by atoms with Gasteiger partial charge in [0.2, 0.25) is 0 Å². The molecular weight excluding hydrogens is 985 g/mol. The van der Waals surface area contributed by atoms with Crippen LogP contribution in [0.1, 0.15) is 425 Å². The van der Waals surface area contributed by atoms with Crippen molar-refractivity contribution in [1.82, 2.24) is 0 Å². The Labute approximate surface area is 501 Å². The highest BCUT2D eigenvalue weighted by Gasteiger charge is 2.20. The summed E-state index contributed by atoms with van der Waals surface area (Å²) >= 11 is 0. The highest BCUT2D eigenvalue weighted by Crippen LogP contribution is 2.19. The Morgan fingerprint density at radius 2 is 0.412 bits per heavy atom. The lowest BCUT2D eigenvalue weighted by Gasteiger charge is -2.18. The molecule has 0 aliphatic rings. The highest BCUT2D eigenvalue weighted by molar-refractivity contribution is 5.71. The normalized spacial score (nSPS) is 12.0. The van der Waals surface area contributed by atoms with Crippen LogP contribution in [0.3, 0.4) is 0 Å². The van der Waals surface area contributed by atoms with Crippen molar-refractivity contribution < 1.29 is 28.6 Å². The van der Waals surface area contributed by atoms with Crippen molar-refractivity contribution in [2.75, 3.05) is 13.2 Å². The van der Waals surface area contributed by atoms with E-state index in [9.17, 15) is 14.4 Å². The zero-order valence-corrected chi connectivity index (χ0v) is 54.6. The molecule has 0 saturated heterocycles. The molecule has 0 aromatic rings. The van der Waals surface area contributed by atoms with Crippen molar-refractivity contribution in [2.45, 2.75) is 431 Å². The Balaban J connectivity index is 4.00. The van der Waals surface area contributed by atoms with Crippen molar-refractivity contribution in [2.24, 2.45) is 0 Å². The fourth-order valence-corrected chi connectivity index (χ4v) is 11.5. The van der Waals surface area contributed by atoms with Crippen LogP contribution in [0.4, 0.5) is 0 Å². The third-order valence-electron chi connectivity index (χ3n) is 17.0. The first-order valence-corrected chi connectivity index (χ1v) is 36.7. The summed E-state index contributed by atoms with van der Waals surface area (Å²) in [6.07, 6.45) is 84.2. The van der Waals surface area contributed by atoms with Gasteiger partial charge in [-0.15, -0.1) is 0 Å². The monoisotopic (exact) mass is 1130 g/mol. The van der Waals surface area contributed by atoms with E-state index in [2.05, 4.69) is 32.9 Å². The van der Waals surface area contributed by atoms with E-state index in [0.717, 1.165) is 57.8 Å². The van der Waals surface area contributed by atoms with Gasteiger partial charge in [-0.25, -0.2) is 0 Å². The fourth-order valence-electron chi connectivity index (χ4n) is 11.5. The second-order valence-electron chi connectivity index (χ2n) is 25.2. The Kier molecular flexibility index (Phi) is 68.0. The SMILES string of the molecule is CCCCCCCCCC/C=C\CCCCCCCCCCCCCCCCCCCCCCCC(=O)OCC(COC(=O)CCCCCCCCCCC)OC(=O)CCCCCCCCCCCCCCCCCCCCCC. The number of hydrogen-bond acceptors (Lipinski definition) is 6. The summed E-state index contributed by atoms with van der Waals surface area (Å²) in [4.78, 5) is 38.3. The Morgan fingerprint density at radius 1 is 0.237 bits per heavy atom. The second kappa shape index (κ2) is 69.6. The number of allylic oxidation sites excluding steroid dienone is 2. The minimum Gasteiger partial charge on any atom is -0.462 e. The van der Waals surface area contributed by atoms with Gasteiger partial charge in [0.05, 0.1) is 0 Å². The number of unbranched alkanes of at least 4 members (excludes halogenated alkanes) is 56. The summed E-state index contributed by atoms with van der Waals surface area (Å²) in [5.74, 6) is -0.830. The average molecular weight is 1130 g/mol. The van der Waals surface area contributed by atoms with Gasteiger partial charge in [-0.3, -0.25) is 14.4 Å². The minimum absolute atomic E-state index is 0.0620. The zero-order valence-electron chi connectivity index (χ0n) is 54.6. The molecule has 0 aliphatic heterocycles. The molecule has 0 N–H and O–H groups in total. The average Bonchev–Trinajstić information content (AvgIpc) is 3.46. The molecule has 1 atom stereocenters. The lowest BCUT2D eigenvalue weighted by molar-refractivity contribution is -0.167. The molecule has 1 unspecified atom stereocenters. The van der Waals surface area contributed by atoms with Crippen molar-refractivity contribution in [3.05, 3.63) is 12.2 Å². The second-order valence-corrected chi connectivity index (χ2v) is 25.2. The number of hydrogen-bond donors (Lipinski definition) is 0. The van der Waals surface area contributed by atoms with Gasteiger partial charge >= 0.3 is 17.9 Å². The molecule has 0 bridgehead atoms. The molecule has 0 radical (unpaired) electrons. The maximum absolute atomic E-state index is 12.9. The van der Waals surface area contributed by atoms with Gasteiger partial charge in [-0.2, -0.15) is 0 Å². The van der Waals surface area contributed by atoms with Crippen LogP contribution in [-0.4, -0.2) is 37.2 Å². The van der Waals surface area contributed by atoms with Gasteiger partial charge in [-0.1, -0.05) is 373 Å². The smallest absolute Gasteiger partial charge is 0.306 e. The lowest BCUT2D eigenvalue weighted by Crippen LogP contribution is -2.30. The van der Waals surface area contributed by atoms with Crippen molar-refractivity contribution in [3.63, 3.8) is 0 Å². The number of esters is 3.